The fraction of sp³-hybridized carbons (Fsp3) is 0.348. The van der Waals surface area contributed by atoms with Crippen molar-refractivity contribution in [3.8, 4) is 0 Å². The third-order valence-corrected chi connectivity index (χ3v) is 6.09. The second-order valence-corrected chi connectivity index (χ2v) is 7.88. The van der Waals surface area contributed by atoms with Gasteiger partial charge in [0, 0.05) is 28.7 Å². The number of rotatable bonds is 5. The number of fused-ring (bicyclic) bond motifs is 1. The topological polar surface area (TPSA) is 45.3 Å². The summed E-state index contributed by atoms with van der Waals surface area (Å²) >= 11 is 6.06. The number of nitrogens with one attached hydrogen (secondary N) is 1. The second kappa shape index (κ2) is 7.98. The average Bonchev–Trinajstić information content (AvgIpc) is 3.12. The molecule has 2 aromatic carbocycles. The highest BCUT2D eigenvalue weighted by Gasteiger charge is 2.44. The maximum Gasteiger partial charge on any atom is 0.316 e. The molecule has 2 heterocycles. The van der Waals surface area contributed by atoms with Gasteiger partial charge in [0.15, 0.2) is 0 Å². The van der Waals surface area contributed by atoms with E-state index in [1.165, 1.54) is 10.9 Å². The highest BCUT2D eigenvalue weighted by atomic mass is 35.5. The molecule has 5 heteroatoms. The molecule has 4 nitrogen and oxygen atoms in total. The van der Waals surface area contributed by atoms with Crippen molar-refractivity contribution in [2.75, 3.05) is 19.7 Å². The molecular weight excluding hydrogens is 372 g/mol. The number of hydrogen-bond donors (Lipinski definition) is 1. The summed E-state index contributed by atoms with van der Waals surface area (Å²) in [7, 11) is 0. The summed E-state index contributed by atoms with van der Waals surface area (Å²) in [6.07, 6.45) is 3.59. The summed E-state index contributed by atoms with van der Waals surface area (Å²) < 4.78 is 5.47. The van der Waals surface area contributed by atoms with Crippen LogP contribution < -0.4 is 0 Å². The van der Waals surface area contributed by atoms with E-state index >= 15 is 0 Å². The number of carbonyl (C=O) groups is 1. The first-order chi connectivity index (χ1) is 13.6. The molecule has 146 valence electrons. The van der Waals surface area contributed by atoms with E-state index in [2.05, 4.69) is 34.3 Å². The zero-order chi connectivity index (χ0) is 19.6. The zero-order valence-electron chi connectivity index (χ0n) is 16.1. The van der Waals surface area contributed by atoms with Gasteiger partial charge >= 0.3 is 5.97 Å². The molecule has 0 radical (unpaired) electrons. The lowest BCUT2D eigenvalue weighted by molar-refractivity contribution is -0.152. The van der Waals surface area contributed by atoms with Crippen LogP contribution in [0.5, 0.6) is 0 Å². The first-order valence-corrected chi connectivity index (χ1v) is 10.2. The Morgan fingerprint density at radius 3 is 2.57 bits per heavy atom. The summed E-state index contributed by atoms with van der Waals surface area (Å²) in [6.45, 7) is 4.83. The van der Waals surface area contributed by atoms with Gasteiger partial charge in [0.05, 0.1) is 12.0 Å². The predicted molar refractivity (Wildman–Crippen MR) is 113 cm³/mol. The SMILES string of the molecule is CCOC(=O)C1(c2ccc(Cl)cc2)CCN(Cc2c[nH]c3ccccc23)CC1. The Bertz CT molecular complexity index is 956. The first kappa shape index (κ1) is 19.0. The fourth-order valence-electron chi connectivity index (χ4n) is 4.25. The van der Waals surface area contributed by atoms with Crippen LogP contribution in [-0.2, 0) is 21.5 Å². The maximum absolute atomic E-state index is 12.9. The second-order valence-electron chi connectivity index (χ2n) is 7.45. The number of H-pyrrole nitrogens is 1. The number of ether oxygens (including phenoxy) is 1. The van der Waals surface area contributed by atoms with Crippen molar-refractivity contribution in [3.63, 3.8) is 0 Å². The van der Waals surface area contributed by atoms with Crippen molar-refractivity contribution in [3.05, 3.63) is 70.9 Å². The quantitative estimate of drug-likeness (QED) is 0.622. The van der Waals surface area contributed by atoms with Gasteiger partial charge in [0.25, 0.3) is 0 Å². The number of aromatic nitrogens is 1. The van der Waals surface area contributed by atoms with E-state index in [4.69, 9.17) is 16.3 Å². The molecule has 1 aliphatic rings. The van der Waals surface area contributed by atoms with Crippen LogP contribution in [0.25, 0.3) is 10.9 Å². The molecule has 0 unspecified atom stereocenters. The first-order valence-electron chi connectivity index (χ1n) is 9.83. The monoisotopic (exact) mass is 396 g/mol. The summed E-state index contributed by atoms with van der Waals surface area (Å²) in [4.78, 5) is 18.7. The molecule has 1 aliphatic heterocycles. The van der Waals surface area contributed by atoms with Crippen molar-refractivity contribution in [2.24, 2.45) is 0 Å². The van der Waals surface area contributed by atoms with Crippen LogP contribution in [0.4, 0.5) is 0 Å². The van der Waals surface area contributed by atoms with E-state index in [1.807, 2.05) is 37.3 Å². The van der Waals surface area contributed by atoms with E-state index in [0.29, 0.717) is 11.6 Å². The molecule has 4 rings (SSSR count). The number of nitrogens with zero attached hydrogens (tertiary/aromatic N) is 1. The lowest BCUT2D eigenvalue weighted by Crippen LogP contribution is -2.47. The number of halogens is 1. The Hall–Kier alpha value is -2.30. The Labute approximate surface area is 170 Å². The highest BCUT2D eigenvalue weighted by molar-refractivity contribution is 6.30. The third-order valence-electron chi connectivity index (χ3n) is 5.84. The molecule has 3 aromatic rings. The summed E-state index contributed by atoms with van der Waals surface area (Å²) in [5.74, 6) is -0.121. The average molecular weight is 397 g/mol. The lowest BCUT2D eigenvalue weighted by Gasteiger charge is -2.40. The molecule has 0 saturated carbocycles. The highest BCUT2D eigenvalue weighted by Crippen LogP contribution is 2.38. The molecule has 0 bridgehead atoms. The minimum Gasteiger partial charge on any atom is -0.465 e. The lowest BCUT2D eigenvalue weighted by atomic mass is 9.72. The van der Waals surface area contributed by atoms with Crippen LogP contribution >= 0.6 is 11.6 Å². The molecule has 0 aliphatic carbocycles. The minimum atomic E-state index is -0.586. The van der Waals surface area contributed by atoms with Crippen molar-refractivity contribution < 1.29 is 9.53 Å². The van der Waals surface area contributed by atoms with Crippen molar-refractivity contribution in [1.82, 2.24) is 9.88 Å². The van der Waals surface area contributed by atoms with Crippen molar-refractivity contribution in [2.45, 2.75) is 31.7 Å². The summed E-state index contributed by atoms with van der Waals surface area (Å²) in [6, 6.07) is 16.0. The number of esters is 1. The Balaban J connectivity index is 1.53. The van der Waals surface area contributed by atoms with Gasteiger partial charge in [-0.3, -0.25) is 9.69 Å². The summed E-state index contributed by atoms with van der Waals surface area (Å²) in [5.41, 5.74) is 2.88. The molecule has 1 aromatic heterocycles. The maximum atomic E-state index is 12.9. The van der Waals surface area contributed by atoms with E-state index in [0.717, 1.165) is 43.6 Å². The molecular formula is C23H25ClN2O2. The number of para-hydroxylation sites is 1. The Kier molecular flexibility index (Phi) is 5.42. The molecule has 1 saturated heterocycles. The third kappa shape index (κ3) is 3.54. The molecule has 0 atom stereocenters. The van der Waals surface area contributed by atoms with Crippen molar-refractivity contribution >= 4 is 28.5 Å². The number of benzene rings is 2. The van der Waals surface area contributed by atoms with E-state index in [9.17, 15) is 4.79 Å². The van der Waals surface area contributed by atoms with Crippen LogP contribution in [0, 0.1) is 0 Å². The van der Waals surface area contributed by atoms with Crippen LogP contribution in [0.15, 0.2) is 54.7 Å². The fourth-order valence-corrected chi connectivity index (χ4v) is 4.37. The van der Waals surface area contributed by atoms with Gasteiger partial charge < -0.3 is 9.72 Å². The van der Waals surface area contributed by atoms with Gasteiger partial charge in [0.1, 0.15) is 0 Å². The standard InChI is InChI=1S/C23H25ClN2O2/c1-2-28-22(27)23(18-7-9-19(24)10-8-18)11-13-26(14-12-23)16-17-15-25-21-6-4-3-5-20(17)21/h3-10,15,25H,2,11-14,16H2,1H3. The Morgan fingerprint density at radius 2 is 1.86 bits per heavy atom. The number of aromatic amines is 1. The van der Waals surface area contributed by atoms with Crippen LogP contribution in [-0.4, -0.2) is 35.5 Å². The van der Waals surface area contributed by atoms with Gasteiger partial charge in [-0.05, 0) is 62.2 Å². The van der Waals surface area contributed by atoms with Gasteiger partial charge in [-0.25, -0.2) is 0 Å². The van der Waals surface area contributed by atoms with Gasteiger partial charge in [0.2, 0.25) is 0 Å². The van der Waals surface area contributed by atoms with E-state index in [1.54, 1.807) is 0 Å². The molecule has 28 heavy (non-hydrogen) atoms. The van der Waals surface area contributed by atoms with Crippen molar-refractivity contribution in [1.29, 1.82) is 0 Å². The molecule has 1 N–H and O–H groups in total. The zero-order valence-corrected chi connectivity index (χ0v) is 16.8. The summed E-state index contributed by atoms with van der Waals surface area (Å²) in [5, 5.41) is 1.95. The largest absolute Gasteiger partial charge is 0.465 e. The van der Waals surface area contributed by atoms with Gasteiger partial charge in [-0.1, -0.05) is 41.9 Å². The van der Waals surface area contributed by atoms with Crippen LogP contribution in [0.2, 0.25) is 5.02 Å². The normalized spacial score (nSPS) is 16.9. The molecule has 0 spiro atoms. The predicted octanol–water partition coefficient (Wildman–Crippen LogP) is 4.92. The van der Waals surface area contributed by atoms with Crippen LogP contribution in [0.1, 0.15) is 30.9 Å². The Morgan fingerprint density at radius 1 is 1.14 bits per heavy atom. The van der Waals surface area contributed by atoms with Crippen LogP contribution in [0.3, 0.4) is 0 Å². The van der Waals surface area contributed by atoms with E-state index < -0.39 is 5.41 Å². The van der Waals surface area contributed by atoms with Gasteiger partial charge in [-0.15, -0.1) is 0 Å². The number of likely N-dealkylation sites (tertiary alicyclic amines) is 1. The minimum absolute atomic E-state index is 0.121. The molecule has 1 fully saturated rings. The smallest absolute Gasteiger partial charge is 0.316 e. The number of hydrogen-bond acceptors (Lipinski definition) is 3. The van der Waals surface area contributed by atoms with E-state index in [-0.39, 0.29) is 5.97 Å². The molecule has 0 amide bonds. The number of piperidine rings is 1. The number of carbonyl (C=O) groups excluding carboxylic acids is 1. The van der Waals surface area contributed by atoms with Gasteiger partial charge in [-0.2, -0.15) is 0 Å².